The van der Waals surface area contributed by atoms with Gasteiger partial charge in [-0.15, -0.1) is 0 Å². The smallest absolute Gasteiger partial charge is 0.160 e. The average Bonchev–Trinajstić information content (AvgIpc) is 3.16. The Bertz CT molecular complexity index is 1010. The number of para-hydroxylation sites is 1. The fraction of sp³-hybridized carbons (Fsp3) is 0.278. The van der Waals surface area contributed by atoms with Crippen molar-refractivity contribution >= 4 is 33.4 Å². The van der Waals surface area contributed by atoms with Gasteiger partial charge in [0.2, 0.25) is 0 Å². The van der Waals surface area contributed by atoms with E-state index in [1.165, 1.54) is 19.3 Å². The molecule has 0 radical (unpaired) electrons. The minimum atomic E-state index is 0.764. The maximum atomic E-state index is 4.53. The molecule has 0 spiro atoms. The van der Waals surface area contributed by atoms with Crippen LogP contribution in [0.2, 0.25) is 0 Å². The van der Waals surface area contributed by atoms with Gasteiger partial charge in [0.25, 0.3) is 0 Å². The van der Waals surface area contributed by atoms with Gasteiger partial charge in [0.15, 0.2) is 5.82 Å². The van der Waals surface area contributed by atoms with Crippen molar-refractivity contribution in [1.29, 1.82) is 0 Å². The van der Waals surface area contributed by atoms with E-state index in [4.69, 9.17) is 0 Å². The van der Waals surface area contributed by atoms with Crippen LogP contribution in [0, 0.1) is 5.92 Å². The lowest BCUT2D eigenvalue weighted by Crippen LogP contribution is -2.18. The maximum Gasteiger partial charge on any atom is 0.160 e. The zero-order valence-corrected chi connectivity index (χ0v) is 13.2. The summed E-state index contributed by atoms with van der Waals surface area (Å²) in [6, 6.07) is 10.2. The van der Waals surface area contributed by atoms with Crippen LogP contribution in [0.1, 0.15) is 19.3 Å². The largest absolute Gasteiger partial charge is 0.337 e. The van der Waals surface area contributed by atoms with Gasteiger partial charge in [0.05, 0.1) is 29.1 Å². The number of nitrogens with zero attached hydrogens (tertiary/aromatic N) is 4. The van der Waals surface area contributed by atoms with Crippen molar-refractivity contribution in [2.24, 2.45) is 5.92 Å². The summed E-state index contributed by atoms with van der Waals surface area (Å²) in [5.41, 5.74) is 3.96. The van der Waals surface area contributed by atoms with E-state index in [2.05, 4.69) is 36.3 Å². The van der Waals surface area contributed by atoms with Gasteiger partial charge in [0.1, 0.15) is 5.52 Å². The third kappa shape index (κ3) is 2.22. The Kier molecular flexibility index (Phi) is 3.01. The summed E-state index contributed by atoms with van der Waals surface area (Å²) in [4.78, 5) is 4.53. The zero-order chi connectivity index (χ0) is 15.9. The Hall–Kier alpha value is -2.89. The lowest BCUT2D eigenvalue weighted by atomic mass is 9.85. The second-order valence-electron chi connectivity index (χ2n) is 6.49. The van der Waals surface area contributed by atoms with Crippen LogP contribution in [-0.4, -0.2) is 25.0 Å². The highest BCUT2D eigenvalue weighted by Gasteiger charge is 2.19. The third-order valence-electron chi connectivity index (χ3n) is 4.88. The molecular weight excluding hydrogens is 300 g/mol. The summed E-state index contributed by atoms with van der Waals surface area (Å²) in [5.74, 6) is 1.58. The first kappa shape index (κ1) is 13.5. The number of rotatable bonds is 4. The van der Waals surface area contributed by atoms with Crippen LogP contribution in [0.3, 0.4) is 0 Å². The molecule has 2 N–H and O–H groups in total. The molecule has 24 heavy (non-hydrogen) atoms. The second-order valence-corrected chi connectivity index (χ2v) is 6.49. The fourth-order valence-corrected chi connectivity index (χ4v) is 3.29. The molecule has 1 aliphatic rings. The average molecular weight is 318 g/mol. The standard InChI is InChI=1S/C18H18N6/c1-2-7-15-14(6-1)18(23-22-15)21-13-8-17-16(19-9-13)10-20-24(17)11-12-4-3-5-12/h1-2,6-10,12H,3-5,11H2,(H2,21,22,23). The first-order valence-corrected chi connectivity index (χ1v) is 8.38. The molecular formula is C18H18N6. The van der Waals surface area contributed by atoms with E-state index in [1.807, 2.05) is 36.7 Å². The fourth-order valence-electron chi connectivity index (χ4n) is 3.29. The van der Waals surface area contributed by atoms with Gasteiger partial charge >= 0.3 is 0 Å². The summed E-state index contributed by atoms with van der Waals surface area (Å²) in [7, 11) is 0. The minimum Gasteiger partial charge on any atom is -0.337 e. The molecule has 3 aromatic heterocycles. The van der Waals surface area contributed by atoms with E-state index >= 15 is 0 Å². The van der Waals surface area contributed by atoms with Crippen molar-refractivity contribution in [3.8, 4) is 0 Å². The van der Waals surface area contributed by atoms with Gasteiger partial charge in [-0.2, -0.15) is 10.2 Å². The van der Waals surface area contributed by atoms with Crippen LogP contribution in [-0.2, 0) is 6.54 Å². The van der Waals surface area contributed by atoms with E-state index in [1.54, 1.807) is 0 Å². The first-order valence-electron chi connectivity index (χ1n) is 8.38. The predicted molar refractivity (Wildman–Crippen MR) is 94.2 cm³/mol. The number of H-pyrrole nitrogens is 1. The van der Waals surface area contributed by atoms with E-state index in [-0.39, 0.29) is 0 Å². The van der Waals surface area contributed by atoms with Crippen LogP contribution in [0.15, 0.2) is 42.7 Å². The number of pyridine rings is 1. The highest BCUT2D eigenvalue weighted by atomic mass is 15.3. The number of fused-ring (bicyclic) bond motifs is 2. The van der Waals surface area contributed by atoms with Gasteiger partial charge in [-0.3, -0.25) is 14.8 Å². The van der Waals surface area contributed by atoms with Gasteiger partial charge in [0, 0.05) is 11.9 Å². The summed E-state index contributed by atoms with van der Waals surface area (Å²) in [6.07, 6.45) is 7.65. The van der Waals surface area contributed by atoms with Crippen LogP contribution >= 0.6 is 0 Å². The third-order valence-corrected chi connectivity index (χ3v) is 4.88. The summed E-state index contributed by atoms with van der Waals surface area (Å²) in [5, 5.41) is 16.4. The van der Waals surface area contributed by atoms with Crippen molar-refractivity contribution in [2.45, 2.75) is 25.8 Å². The first-order chi connectivity index (χ1) is 11.9. The number of aromatic nitrogens is 5. The molecule has 0 saturated heterocycles. The summed E-state index contributed by atoms with van der Waals surface area (Å²) in [6.45, 7) is 0.986. The Morgan fingerprint density at radius 1 is 1.21 bits per heavy atom. The number of nitrogens with one attached hydrogen (secondary N) is 2. The summed E-state index contributed by atoms with van der Waals surface area (Å²) >= 11 is 0. The Labute approximate surface area is 138 Å². The van der Waals surface area contributed by atoms with Crippen molar-refractivity contribution in [3.63, 3.8) is 0 Å². The number of anilines is 2. The Balaban J connectivity index is 1.49. The predicted octanol–water partition coefficient (Wildman–Crippen LogP) is 3.85. The molecule has 1 saturated carbocycles. The number of hydrogen-bond donors (Lipinski definition) is 2. The molecule has 120 valence electrons. The van der Waals surface area contributed by atoms with Crippen LogP contribution < -0.4 is 5.32 Å². The number of aromatic amines is 1. The maximum absolute atomic E-state index is 4.53. The van der Waals surface area contributed by atoms with E-state index in [0.29, 0.717) is 0 Å². The van der Waals surface area contributed by atoms with Crippen LogP contribution in [0.4, 0.5) is 11.5 Å². The quantitative estimate of drug-likeness (QED) is 0.599. The monoisotopic (exact) mass is 318 g/mol. The molecule has 0 aliphatic heterocycles. The zero-order valence-electron chi connectivity index (χ0n) is 13.2. The highest BCUT2D eigenvalue weighted by molar-refractivity contribution is 5.91. The topological polar surface area (TPSA) is 71.4 Å². The van der Waals surface area contributed by atoms with Crippen molar-refractivity contribution < 1.29 is 0 Å². The molecule has 0 unspecified atom stereocenters. The van der Waals surface area contributed by atoms with Crippen molar-refractivity contribution in [3.05, 3.63) is 42.7 Å². The highest BCUT2D eigenvalue weighted by Crippen LogP contribution is 2.29. The van der Waals surface area contributed by atoms with Gasteiger partial charge < -0.3 is 5.32 Å². The molecule has 6 nitrogen and oxygen atoms in total. The second kappa shape index (κ2) is 5.33. The molecule has 0 amide bonds. The normalized spacial score (nSPS) is 15.0. The van der Waals surface area contributed by atoms with E-state index in [9.17, 15) is 0 Å². The van der Waals surface area contributed by atoms with E-state index in [0.717, 1.165) is 45.9 Å². The van der Waals surface area contributed by atoms with Gasteiger partial charge in [-0.25, -0.2) is 0 Å². The Morgan fingerprint density at radius 2 is 2.12 bits per heavy atom. The minimum absolute atomic E-state index is 0.764. The number of benzene rings is 1. The lowest BCUT2D eigenvalue weighted by Gasteiger charge is -2.25. The van der Waals surface area contributed by atoms with Crippen molar-refractivity contribution in [1.82, 2.24) is 25.0 Å². The molecule has 1 aliphatic carbocycles. The van der Waals surface area contributed by atoms with E-state index < -0.39 is 0 Å². The Morgan fingerprint density at radius 3 is 3.00 bits per heavy atom. The van der Waals surface area contributed by atoms with Crippen LogP contribution in [0.5, 0.6) is 0 Å². The molecule has 1 fully saturated rings. The molecule has 3 heterocycles. The van der Waals surface area contributed by atoms with Gasteiger partial charge in [-0.1, -0.05) is 18.6 Å². The molecule has 0 bridgehead atoms. The molecule has 0 atom stereocenters. The SMILES string of the molecule is c1ccc2c(Nc3cnc4cnn(CC5CCC5)c4c3)n[nH]c2c1. The molecule has 6 heteroatoms. The molecule has 4 aromatic rings. The molecule has 1 aromatic carbocycles. The number of hydrogen-bond acceptors (Lipinski definition) is 4. The van der Waals surface area contributed by atoms with Crippen LogP contribution in [0.25, 0.3) is 21.9 Å². The summed E-state index contributed by atoms with van der Waals surface area (Å²) < 4.78 is 2.08. The van der Waals surface area contributed by atoms with Crippen molar-refractivity contribution in [2.75, 3.05) is 5.32 Å². The van der Waals surface area contributed by atoms with Gasteiger partial charge in [-0.05, 0) is 37.0 Å². The molecule has 5 rings (SSSR count). The lowest BCUT2D eigenvalue weighted by molar-refractivity contribution is 0.270.